The quantitative estimate of drug-likeness (QED) is 0.584. The summed E-state index contributed by atoms with van der Waals surface area (Å²) in [6.45, 7) is 4.51. The van der Waals surface area contributed by atoms with Crippen LogP contribution in [0.5, 0.6) is 5.75 Å². The van der Waals surface area contributed by atoms with Gasteiger partial charge >= 0.3 is 0 Å². The van der Waals surface area contributed by atoms with Crippen LogP contribution >= 0.6 is 0 Å². The lowest BCUT2D eigenvalue weighted by Gasteiger charge is -2.58. The topological polar surface area (TPSA) is 85.9 Å². The van der Waals surface area contributed by atoms with Crippen molar-refractivity contribution in [2.24, 2.45) is 5.92 Å². The Kier molecular flexibility index (Phi) is 5.83. The number of fused-ring (bicyclic) bond motifs is 1. The number of likely N-dealkylation sites (tertiary alicyclic amines) is 1. The number of aryl methyl sites for hydroxylation is 1. The number of furan rings is 1. The molecule has 1 aliphatic heterocycles. The van der Waals surface area contributed by atoms with Gasteiger partial charge in [0.15, 0.2) is 0 Å². The Hall–Kier alpha value is -2.57. The van der Waals surface area contributed by atoms with Gasteiger partial charge in [0.1, 0.15) is 11.5 Å². The number of nitrogens with zero attached hydrogens (tertiary/aromatic N) is 1. The number of amides is 1. The van der Waals surface area contributed by atoms with Crippen molar-refractivity contribution in [3.05, 3.63) is 59.6 Å². The molecule has 3 N–H and O–H groups in total. The number of aromatic hydroxyl groups is 1. The van der Waals surface area contributed by atoms with Gasteiger partial charge in [-0.1, -0.05) is 12.1 Å². The van der Waals surface area contributed by atoms with Crippen LogP contribution in [-0.2, 0) is 10.2 Å². The second-order valence-electron chi connectivity index (χ2n) is 10.3. The summed E-state index contributed by atoms with van der Waals surface area (Å²) < 4.78 is 5.29. The van der Waals surface area contributed by atoms with Gasteiger partial charge in [0.25, 0.3) is 0 Å². The van der Waals surface area contributed by atoms with E-state index in [1.54, 1.807) is 30.5 Å². The zero-order valence-corrected chi connectivity index (χ0v) is 19.3. The number of phenolic OH excluding ortho intramolecular Hbond substituents is 1. The number of β-amino-alcohol motifs (C(OH)–C–C–N with tert-alkyl or cyclic N) is 1. The molecular weight excluding hydrogens is 416 g/mol. The first-order valence-electron chi connectivity index (χ1n) is 12.1. The van der Waals surface area contributed by atoms with Crippen molar-refractivity contribution >= 4 is 12.0 Å². The van der Waals surface area contributed by atoms with Gasteiger partial charge in [0.05, 0.1) is 11.9 Å². The van der Waals surface area contributed by atoms with Crippen molar-refractivity contribution in [3.8, 4) is 5.75 Å². The van der Waals surface area contributed by atoms with Crippen molar-refractivity contribution in [1.82, 2.24) is 10.2 Å². The molecule has 1 amide bonds. The summed E-state index contributed by atoms with van der Waals surface area (Å²) in [5.74, 6) is 1.64. The molecule has 176 valence electrons. The molecule has 2 heterocycles. The first-order chi connectivity index (χ1) is 15.9. The molecule has 1 saturated heterocycles. The largest absolute Gasteiger partial charge is 0.508 e. The van der Waals surface area contributed by atoms with Crippen molar-refractivity contribution < 1.29 is 19.4 Å². The van der Waals surface area contributed by atoms with E-state index in [9.17, 15) is 15.0 Å². The lowest BCUT2D eigenvalue weighted by atomic mass is 9.55. The number of aliphatic hydroxyl groups is 1. The third-order valence-corrected chi connectivity index (χ3v) is 8.00. The number of carbonyl (C=O) groups excluding carboxylic acids is 1. The lowest BCUT2D eigenvalue weighted by Crippen LogP contribution is -2.67. The fraction of sp³-hybridized carbons (Fsp3) is 0.519. The first-order valence-corrected chi connectivity index (χ1v) is 12.1. The summed E-state index contributed by atoms with van der Waals surface area (Å²) in [4.78, 5) is 15.1. The van der Waals surface area contributed by atoms with Crippen molar-refractivity contribution in [2.75, 3.05) is 19.6 Å². The third kappa shape index (κ3) is 4.46. The summed E-state index contributed by atoms with van der Waals surface area (Å²) in [5, 5.41) is 25.4. The molecule has 3 aliphatic rings. The fourth-order valence-corrected chi connectivity index (χ4v) is 5.99. The summed E-state index contributed by atoms with van der Waals surface area (Å²) in [5.41, 5.74) is 0.494. The van der Waals surface area contributed by atoms with E-state index in [0.29, 0.717) is 19.4 Å². The minimum Gasteiger partial charge on any atom is -0.508 e. The normalized spacial score (nSPS) is 30.3. The maximum atomic E-state index is 12.7. The zero-order valence-electron chi connectivity index (χ0n) is 19.3. The molecule has 0 radical (unpaired) electrons. The van der Waals surface area contributed by atoms with E-state index in [4.69, 9.17) is 4.42 Å². The predicted octanol–water partition coefficient (Wildman–Crippen LogP) is 3.76. The summed E-state index contributed by atoms with van der Waals surface area (Å²) in [7, 11) is 0. The Morgan fingerprint density at radius 3 is 2.85 bits per heavy atom. The van der Waals surface area contributed by atoms with E-state index < -0.39 is 11.0 Å². The molecule has 3 atom stereocenters. The molecule has 33 heavy (non-hydrogen) atoms. The standard InChI is InChI=1S/C27H34N2O4/c1-19-21(10-14-33-19)7-8-25(31)28-23-9-11-27(32)18-29(17-20-5-6-20)13-12-26(27,16-23)22-3-2-4-24(30)15-22/h2-4,7-8,10,14-15,20,23,30,32H,5-6,9,11-13,16-18H2,1H3,(H,28,31)/t23-,26-,27-/m0/s1. The number of nitrogens with one attached hydrogen (secondary N) is 1. The van der Waals surface area contributed by atoms with Gasteiger partial charge in [0.2, 0.25) is 5.91 Å². The van der Waals surface area contributed by atoms with E-state index in [-0.39, 0.29) is 17.7 Å². The highest BCUT2D eigenvalue weighted by Crippen LogP contribution is 2.52. The maximum Gasteiger partial charge on any atom is 0.244 e. The molecule has 5 rings (SSSR count). The van der Waals surface area contributed by atoms with E-state index in [1.165, 1.54) is 12.8 Å². The van der Waals surface area contributed by atoms with Crippen LogP contribution in [0.2, 0.25) is 0 Å². The Balaban J connectivity index is 1.36. The van der Waals surface area contributed by atoms with E-state index in [0.717, 1.165) is 48.7 Å². The highest BCUT2D eigenvalue weighted by molar-refractivity contribution is 5.92. The highest BCUT2D eigenvalue weighted by Gasteiger charge is 2.57. The minimum atomic E-state index is -0.876. The molecule has 6 heteroatoms. The van der Waals surface area contributed by atoms with E-state index in [2.05, 4.69) is 10.2 Å². The van der Waals surface area contributed by atoms with Crippen LogP contribution in [0.25, 0.3) is 6.08 Å². The fourth-order valence-electron chi connectivity index (χ4n) is 5.99. The molecule has 2 aromatic rings. The number of hydrogen-bond acceptors (Lipinski definition) is 5. The Bertz CT molecular complexity index is 1040. The molecule has 0 spiro atoms. The van der Waals surface area contributed by atoms with Gasteiger partial charge in [-0.05, 0) is 87.7 Å². The molecule has 0 bridgehead atoms. The van der Waals surface area contributed by atoms with Crippen molar-refractivity contribution in [2.45, 2.75) is 62.5 Å². The van der Waals surface area contributed by atoms with Gasteiger partial charge in [-0.2, -0.15) is 0 Å². The monoisotopic (exact) mass is 450 g/mol. The summed E-state index contributed by atoms with van der Waals surface area (Å²) >= 11 is 0. The molecule has 1 aromatic carbocycles. The first kappa shape index (κ1) is 22.2. The van der Waals surface area contributed by atoms with Gasteiger partial charge < -0.3 is 24.8 Å². The Labute approximate surface area is 195 Å². The van der Waals surface area contributed by atoms with Gasteiger partial charge in [0, 0.05) is 36.2 Å². The van der Waals surface area contributed by atoms with Crippen LogP contribution in [0, 0.1) is 12.8 Å². The molecular formula is C27H34N2O4. The predicted molar refractivity (Wildman–Crippen MR) is 127 cm³/mol. The molecule has 0 unspecified atom stereocenters. The van der Waals surface area contributed by atoms with Gasteiger partial charge in [-0.15, -0.1) is 0 Å². The molecule has 3 fully saturated rings. The number of phenols is 1. The average molecular weight is 451 g/mol. The highest BCUT2D eigenvalue weighted by atomic mass is 16.3. The molecule has 6 nitrogen and oxygen atoms in total. The average Bonchev–Trinajstić information content (AvgIpc) is 3.50. The number of hydrogen-bond donors (Lipinski definition) is 3. The van der Waals surface area contributed by atoms with Gasteiger partial charge in [-0.25, -0.2) is 0 Å². The summed E-state index contributed by atoms with van der Waals surface area (Å²) in [6.07, 6.45) is 10.4. The van der Waals surface area contributed by atoms with Crippen molar-refractivity contribution in [1.29, 1.82) is 0 Å². The van der Waals surface area contributed by atoms with Crippen LogP contribution in [0.15, 0.2) is 47.1 Å². The molecule has 2 aliphatic carbocycles. The van der Waals surface area contributed by atoms with Crippen LogP contribution < -0.4 is 5.32 Å². The maximum absolute atomic E-state index is 12.7. The number of piperidine rings is 1. The van der Waals surface area contributed by atoms with E-state index in [1.807, 2.05) is 25.1 Å². The number of benzene rings is 1. The van der Waals surface area contributed by atoms with Crippen LogP contribution in [0.1, 0.15) is 55.4 Å². The van der Waals surface area contributed by atoms with Crippen LogP contribution in [0.4, 0.5) is 0 Å². The number of rotatable bonds is 6. The second kappa shape index (κ2) is 8.65. The second-order valence-corrected chi connectivity index (χ2v) is 10.3. The molecule has 2 saturated carbocycles. The Morgan fingerprint density at radius 2 is 2.12 bits per heavy atom. The molecule has 1 aromatic heterocycles. The van der Waals surface area contributed by atoms with Crippen LogP contribution in [0.3, 0.4) is 0 Å². The Morgan fingerprint density at radius 1 is 1.27 bits per heavy atom. The van der Waals surface area contributed by atoms with Gasteiger partial charge in [-0.3, -0.25) is 4.79 Å². The minimum absolute atomic E-state index is 0.0368. The number of carbonyl (C=O) groups is 1. The van der Waals surface area contributed by atoms with Crippen molar-refractivity contribution in [3.63, 3.8) is 0 Å². The SMILES string of the molecule is Cc1occc1C=CC(=O)N[C@H]1CC[C@]2(O)CN(CC3CC3)CC[C@@]2(c2cccc(O)c2)C1. The lowest BCUT2D eigenvalue weighted by molar-refractivity contribution is -0.132. The third-order valence-electron chi connectivity index (χ3n) is 8.00. The smallest absolute Gasteiger partial charge is 0.244 e. The summed E-state index contributed by atoms with van der Waals surface area (Å²) in [6, 6.07) is 9.15. The van der Waals surface area contributed by atoms with E-state index >= 15 is 0 Å². The van der Waals surface area contributed by atoms with Crippen LogP contribution in [-0.4, -0.2) is 52.3 Å². The zero-order chi connectivity index (χ0) is 23.1.